The van der Waals surface area contributed by atoms with Crippen molar-refractivity contribution in [2.45, 2.75) is 0 Å². The second-order valence-corrected chi connectivity index (χ2v) is 4.03. The second-order valence-electron chi connectivity index (χ2n) is 4.03. The van der Waals surface area contributed by atoms with Gasteiger partial charge in [0.1, 0.15) is 35.3 Å². The third kappa shape index (κ3) is 2.32. The summed E-state index contributed by atoms with van der Waals surface area (Å²) in [5, 5.41) is 27.5. The molecule has 0 aliphatic heterocycles. The molecule has 0 radical (unpaired) electrons. The Morgan fingerprint density at radius 1 is 0.952 bits per heavy atom. The largest absolute Gasteiger partial charge is 0.497 e. The molecule has 1 heterocycles. The van der Waals surface area contributed by atoms with E-state index in [1.165, 1.54) is 0 Å². The lowest BCUT2D eigenvalue weighted by Crippen LogP contribution is -2.04. The molecule has 0 aliphatic carbocycles. The number of hydrogen-bond acceptors (Lipinski definition) is 6. The molecule has 0 saturated heterocycles. The molecule has 0 fully saturated rings. The number of ether oxygens (including phenoxy) is 1. The summed E-state index contributed by atoms with van der Waals surface area (Å²) in [7, 11) is 1.54. The lowest BCUT2D eigenvalue weighted by molar-refractivity contribution is 0.415. The molecule has 2 aromatic rings. The lowest BCUT2D eigenvalue weighted by Gasteiger charge is -2.09. The van der Waals surface area contributed by atoms with E-state index >= 15 is 0 Å². The fourth-order valence-corrected chi connectivity index (χ4v) is 1.90. The minimum absolute atomic E-state index is 0.0356. The highest BCUT2D eigenvalue weighted by molar-refractivity contribution is 5.76. The predicted octanol–water partition coefficient (Wildman–Crippen LogP) is 1.95. The number of nitrogens with zero attached hydrogens (tertiary/aromatic N) is 4. The van der Waals surface area contributed by atoms with Crippen molar-refractivity contribution in [2.24, 2.45) is 0 Å². The minimum Gasteiger partial charge on any atom is -0.497 e. The molecule has 2 N–H and O–H groups in total. The molecule has 2 rings (SSSR count). The van der Waals surface area contributed by atoms with Gasteiger partial charge in [-0.25, -0.2) is 4.98 Å². The Balaban J connectivity index is 2.76. The summed E-state index contributed by atoms with van der Waals surface area (Å²) in [5.74, 6) is 0.582. The van der Waals surface area contributed by atoms with Gasteiger partial charge in [-0.05, 0) is 24.3 Å². The van der Waals surface area contributed by atoms with Crippen molar-refractivity contribution in [1.29, 1.82) is 15.8 Å². The van der Waals surface area contributed by atoms with Crippen LogP contribution in [0.4, 0.5) is 5.82 Å². The Morgan fingerprint density at radius 2 is 1.52 bits per heavy atom. The van der Waals surface area contributed by atoms with Crippen LogP contribution < -0.4 is 10.5 Å². The molecule has 21 heavy (non-hydrogen) atoms. The molecule has 0 unspecified atom stereocenters. The predicted molar refractivity (Wildman–Crippen MR) is 74.8 cm³/mol. The molecule has 0 amide bonds. The average Bonchev–Trinajstić information content (AvgIpc) is 2.53. The second kappa shape index (κ2) is 5.61. The van der Waals surface area contributed by atoms with Crippen molar-refractivity contribution in [3.8, 4) is 35.2 Å². The molecular formula is C15H9N5O. The first-order valence-corrected chi connectivity index (χ1v) is 5.84. The Morgan fingerprint density at radius 3 is 2.00 bits per heavy atom. The number of benzene rings is 1. The van der Waals surface area contributed by atoms with E-state index in [1.54, 1.807) is 37.4 Å². The van der Waals surface area contributed by atoms with Crippen LogP contribution in [-0.2, 0) is 0 Å². The molecule has 0 saturated carbocycles. The van der Waals surface area contributed by atoms with Crippen molar-refractivity contribution >= 4 is 5.82 Å². The van der Waals surface area contributed by atoms with Crippen molar-refractivity contribution in [1.82, 2.24) is 4.98 Å². The van der Waals surface area contributed by atoms with Crippen LogP contribution in [0.25, 0.3) is 11.3 Å². The number of nitriles is 3. The molecule has 0 bridgehead atoms. The van der Waals surface area contributed by atoms with Crippen LogP contribution in [0.1, 0.15) is 16.7 Å². The summed E-state index contributed by atoms with van der Waals surface area (Å²) in [6.45, 7) is 0. The Kier molecular flexibility index (Phi) is 3.70. The van der Waals surface area contributed by atoms with E-state index in [4.69, 9.17) is 15.7 Å². The van der Waals surface area contributed by atoms with E-state index in [0.717, 1.165) is 0 Å². The van der Waals surface area contributed by atoms with E-state index in [0.29, 0.717) is 11.3 Å². The molecule has 0 atom stereocenters. The number of methoxy groups -OCH3 is 1. The lowest BCUT2D eigenvalue weighted by atomic mass is 9.98. The fourth-order valence-electron chi connectivity index (χ4n) is 1.90. The van der Waals surface area contributed by atoms with E-state index in [2.05, 4.69) is 4.98 Å². The minimum atomic E-state index is -0.0775. The maximum absolute atomic E-state index is 9.29. The first-order valence-electron chi connectivity index (χ1n) is 5.84. The van der Waals surface area contributed by atoms with Gasteiger partial charge in [0, 0.05) is 5.56 Å². The summed E-state index contributed by atoms with van der Waals surface area (Å²) in [6, 6.07) is 12.4. The summed E-state index contributed by atoms with van der Waals surface area (Å²) < 4.78 is 5.06. The molecular weight excluding hydrogens is 266 g/mol. The van der Waals surface area contributed by atoms with Crippen LogP contribution in [0.2, 0.25) is 0 Å². The summed E-state index contributed by atoms with van der Waals surface area (Å²) >= 11 is 0. The van der Waals surface area contributed by atoms with Crippen LogP contribution in [-0.4, -0.2) is 12.1 Å². The van der Waals surface area contributed by atoms with Gasteiger partial charge >= 0.3 is 0 Å². The standard InChI is InChI=1S/C15H9N5O/c1-21-10-4-2-9(3-5-10)14-12(7-17)11(6-16)13(8-18)15(19)20-14/h2-5H,1H3,(H2,19,20). The van der Waals surface area contributed by atoms with Crippen LogP contribution in [0.3, 0.4) is 0 Å². The average molecular weight is 275 g/mol. The van der Waals surface area contributed by atoms with Crippen LogP contribution in [0.5, 0.6) is 5.75 Å². The van der Waals surface area contributed by atoms with Gasteiger partial charge < -0.3 is 10.5 Å². The highest BCUT2D eigenvalue weighted by Gasteiger charge is 2.19. The first kappa shape index (κ1) is 13.9. The maximum atomic E-state index is 9.29. The van der Waals surface area contributed by atoms with E-state index in [-0.39, 0.29) is 28.2 Å². The topological polar surface area (TPSA) is 120 Å². The number of aromatic nitrogens is 1. The van der Waals surface area contributed by atoms with Gasteiger partial charge in [-0.15, -0.1) is 0 Å². The molecule has 1 aromatic heterocycles. The molecule has 0 aliphatic rings. The van der Waals surface area contributed by atoms with Crippen molar-refractivity contribution in [3.05, 3.63) is 41.0 Å². The smallest absolute Gasteiger partial charge is 0.143 e. The number of hydrogen-bond donors (Lipinski definition) is 1. The van der Waals surface area contributed by atoms with Crippen LogP contribution in [0.15, 0.2) is 24.3 Å². The zero-order chi connectivity index (χ0) is 15.4. The highest BCUT2D eigenvalue weighted by Crippen LogP contribution is 2.29. The van der Waals surface area contributed by atoms with Crippen LogP contribution >= 0.6 is 0 Å². The van der Waals surface area contributed by atoms with Gasteiger partial charge in [0.25, 0.3) is 0 Å². The van der Waals surface area contributed by atoms with E-state index in [1.807, 2.05) is 12.1 Å². The number of rotatable bonds is 2. The van der Waals surface area contributed by atoms with E-state index in [9.17, 15) is 10.5 Å². The van der Waals surface area contributed by atoms with Gasteiger partial charge in [-0.2, -0.15) is 15.8 Å². The zero-order valence-corrected chi connectivity index (χ0v) is 11.1. The molecule has 6 nitrogen and oxygen atoms in total. The maximum Gasteiger partial charge on any atom is 0.143 e. The fraction of sp³-hybridized carbons (Fsp3) is 0.0667. The number of nitrogen functional groups attached to an aromatic ring is 1. The van der Waals surface area contributed by atoms with E-state index < -0.39 is 0 Å². The molecule has 100 valence electrons. The van der Waals surface area contributed by atoms with Gasteiger partial charge in [0.2, 0.25) is 0 Å². The summed E-state index contributed by atoms with van der Waals surface area (Å²) in [5.41, 5.74) is 6.49. The molecule has 1 aromatic carbocycles. The Hall–Kier alpha value is -3.56. The highest BCUT2D eigenvalue weighted by atomic mass is 16.5. The Bertz CT molecular complexity index is 820. The number of pyridine rings is 1. The van der Waals surface area contributed by atoms with Crippen LogP contribution in [0, 0.1) is 34.0 Å². The third-order valence-corrected chi connectivity index (χ3v) is 2.92. The first-order chi connectivity index (χ1) is 10.2. The van der Waals surface area contributed by atoms with Gasteiger partial charge in [-0.3, -0.25) is 0 Å². The SMILES string of the molecule is COc1ccc(-c2nc(N)c(C#N)c(C#N)c2C#N)cc1. The monoisotopic (exact) mass is 275 g/mol. The molecule has 0 spiro atoms. The van der Waals surface area contributed by atoms with Gasteiger partial charge in [-0.1, -0.05) is 0 Å². The van der Waals surface area contributed by atoms with Crippen molar-refractivity contribution in [3.63, 3.8) is 0 Å². The Labute approximate surface area is 121 Å². The van der Waals surface area contributed by atoms with Gasteiger partial charge in [0.05, 0.1) is 23.9 Å². The summed E-state index contributed by atoms with van der Waals surface area (Å²) in [6.07, 6.45) is 0. The number of anilines is 1. The van der Waals surface area contributed by atoms with Crippen molar-refractivity contribution < 1.29 is 4.74 Å². The normalized spacial score (nSPS) is 9.24. The van der Waals surface area contributed by atoms with Gasteiger partial charge in [0.15, 0.2) is 0 Å². The zero-order valence-electron chi connectivity index (χ0n) is 11.1. The summed E-state index contributed by atoms with van der Waals surface area (Å²) in [4.78, 5) is 4.09. The number of nitrogens with two attached hydrogens (primary N) is 1. The third-order valence-electron chi connectivity index (χ3n) is 2.92. The van der Waals surface area contributed by atoms with Crippen molar-refractivity contribution in [2.75, 3.05) is 12.8 Å². The quantitative estimate of drug-likeness (QED) is 0.894. The molecule has 6 heteroatoms.